The zero-order chi connectivity index (χ0) is 13.8. The van der Waals surface area contributed by atoms with E-state index in [4.69, 9.17) is 0 Å². The van der Waals surface area contributed by atoms with Crippen molar-refractivity contribution >= 4 is 0 Å². The van der Waals surface area contributed by atoms with Gasteiger partial charge in [0.15, 0.2) is 0 Å². The minimum Gasteiger partial charge on any atom is -0.507 e. The summed E-state index contributed by atoms with van der Waals surface area (Å²) in [7, 11) is 2.14. The summed E-state index contributed by atoms with van der Waals surface area (Å²) in [6.07, 6.45) is 1.69. The van der Waals surface area contributed by atoms with Crippen LogP contribution >= 0.6 is 0 Å². The van der Waals surface area contributed by atoms with Crippen molar-refractivity contribution in [3.05, 3.63) is 29.1 Å². The smallest absolute Gasteiger partial charge is 0.124 e. The summed E-state index contributed by atoms with van der Waals surface area (Å²) in [5.74, 6) is -0.00956. The van der Waals surface area contributed by atoms with Gasteiger partial charge in [-0.3, -0.25) is 0 Å². The molecule has 0 bridgehead atoms. The first kappa shape index (κ1) is 14.3. The normalized spacial score (nSPS) is 17.8. The molecule has 3 nitrogen and oxygen atoms in total. The minimum absolute atomic E-state index is 0.250. The maximum Gasteiger partial charge on any atom is 0.124 e. The second-order valence-electron chi connectivity index (χ2n) is 5.48. The molecule has 0 atom stereocenters. The van der Waals surface area contributed by atoms with Crippen molar-refractivity contribution in [1.29, 1.82) is 0 Å². The lowest BCUT2D eigenvalue weighted by atomic mass is 10.0. The number of phenols is 1. The topological polar surface area (TPSA) is 26.7 Å². The number of rotatable bonds is 4. The van der Waals surface area contributed by atoms with E-state index < -0.39 is 0 Å². The molecule has 0 spiro atoms. The summed E-state index contributed by atoms with van der Waals surface area (Å²) in [5, 5.41) is 9.91. The van der Waals surface area contributed by atoms with Crippen molar-refractivity contribution in [2.45, 2.75) is 19.8 Å². The molecule has 106 valence electrons. The number of benzene rings is 1. The zero-order valence-corrected chi connectivity index (χ0v) is 11.8. The number of piperazine rings is 1. The van der Waals surface area contributed by atoms with E-state index >= 15 is 0 Å². The fraction of sp³-hybridized carbons (Fsp3) is 0.600. The number of halogens is 1. The van der Waals surface area contributed by atoms with Gasteiger partial charge in [-0.2, -0.15) is 0 Å². The molecule has 19 heavy (non-hydrogen) atoms. The lowest BCUT2D eigenvalue weighted by Crippen LogP contribution is -2.44. The monoisotopic (exact) mass is 266 g/mol. The van der Waals surface area contributed by atoms with Gasteiger partial charge in [-0.15, -0.1) is 0 Å². The number of aromatic hydroxyl groups is 1. The van der Waals surface area contributed by atoms with Gasteiger partial charge in [-0.1, -0.05) is 0 Å². The third-order valence-electron chi connectivity index (χ3n) is 3.86. The molecule has 1 saturated heterocycles. The van der Waals surface area contributed by atoms with Crippen LogP contribution in [0.2, 0.25) is 0 Å². The molecule has 1 heterocycles. The van der Waals surface area contributed by atoms with Crippen LogP contribution in [0.1, 0.15) is 17.5 Å². The molecule has 1 aliphatic rings. The van der Waals surface area contributed by atoms with Gasteiger partial charge in [-0.05, 0) is 56.6 Å². The van der Waals surface area contributed by atoms with Gasteiger partial charge in [0.2, 0.25) is 0 Å². The van der Waals surface area contributed by atoms with Gasteiger partial charge in [0.25, 0.3) is 0 Å². The summed E-state index contributed by atoms with van der Waals surface area (Å²) in [6.45, 7) is 7.19. The molecule has 0 unspecified atom stereocenters. The van der Waals surface area contributed by atoms with E-state index in [2.05, 4.69) is 16.8 Å². The van der Waals surface area contributed by atoms with Crippen molar-refractivity contribution < 1.29 is 9.50 Å². The summed E-state index contributed by atoms with van der Waals surface area (Å²) in [4.78, 5) is 4.77. The van der Waals surface area contributed by atoms with Crippen LogP contribution in [0.4, 0.5) is 4.39 Å². The molecule has 0 aliphatic carbocycles. The van der Waals surface area contributed by atoms with E-state index in [1.54, 1.807) is 6.92 Å². The molecule has 4 heteroatoms. The van der Waals surface area contributed by atoms with E-state index in [9.17, 15) is 9.50 Å². The average molecular weight is 266 g/mol. The van der Waals surface area contributed by atoms with Crippen LogP contribution in [0, 0.1) is 12.7 Å². The maximum atomic E-state index is 13.3. The van der Waals surface area contributed by atoms with E-state index in [1.807, 2.05) is 0 Å². The van der Waals surface area contributed by atoms with E-state index in [0.717, 1.165) is 51.1 Å². The summed E-state index contributed by atoms with van der Waals surface area (Å²) in [6, 6.07) is 2.83. The number of phenolic OH excluding ortho intramolecular Hbond substituents is 1. The predicted octanol–water partition coefficient (Wildman–Crippen LogP) is 2.02. The fourth-order valence-corrected chi connectivity index (χ4v) is 2.56. The quantitative estimate of drug-likeness (QED) is 0.903. The van der Waals surface area contributed by atoms with Crippen molar-refractivity contribution in [1.82, 2.24) is 9.80 Å². The molecule has 0 radical (unpaired) electrons. The average Bonchev–Trinajstić information content (AvgIpc) is 2.37. The number of aryl methyl sites for hydroxylation is 2. The Hall–Kier alpha value is -1.13. The van der Waals surface area contributed by atoms with Gasteiger partial charge < -0.3 is 14.9 Å². The van der Waals surface area contributed by atoms with Crippen molar-refractivity contribution in [2.75, 3.05) is 39.8 Å². The highest BCUT2D eigenvalue weighted by Crippen LogP contribution is 2.24. The molecule has 0 amide bonds. The molecule has 0 aromatic heterocycles. The van der Waals surface area contributed by atoms with Gasteiger partial charge in [0.1, 0.15) is 11.6 Å². The third kappa shape index (κ3) is 3.91. The van der Waals surface area contributed by atoms with E-state index in [1.165, 1.54) is 12.1 Å². The van der Waals surface area contributed by atoms with Crippen LogP contribution < -0.4 is 0 Å². The molecular weight excluding hydrogens is 243 g/mol. The fourth-order valence-electron chi connectivity index (χ4n) is 2.56. The molecule has 2 rings (SSSR count). The van der Waals surface area contributed by atoms with Crippen molar-refractivity contribution in [3.63, 3.8) is 0 Å². The number of nitrogens with zero attached hydrogens (tertiary/aromatic N) is 2. The highest BCUT2D eigenvalue weighted by Gasteiger charge is 2.13. The largest absolute Gasteiger partial charge is 0.507 e. The molecule has 1 N–H and O–H groups in total. The lowest BCUT2D eigenvalue weighted by molar-refractivity contribution is 0.153. The number of hydrogen-bond acceptors (Lipinski definition) is 3. The Balaban J connectivity index is 1.83. The van der Waals surface area contributed by atoms with Crippen molar-refractivity contribution in [3.8, 4) is 5.75 Å². The Morgan fingerprint density at radius 3 is 2.58 bits per heavy atom. The molecule has 1 aliphatic heterocycles. The van der Waals surface area contributed by atoms with Crippen LogP contribution in [-0.4, -0.2) is 54.7 Å². The molecule has 0 saturated carbocycles. The standard InChI is InChI=1S/C15H23FN2O/c1-12-10-14(16)11-13(15(12)19)4-3-5-18-8-6-17(2)7-9-18/h10-11,19H,3-9H2,1-2H3. The van der Waals surface area contributed by atoms with Gasteiger partial charge >= 0.3 is 0 Å². The van der Waals surface area contributed by atoms with E-state index in [0.29, 0.717) is 5.56 Å². The Kier molecular flexibility index (Phi) is 4.77. The molecule has 1 fully saturated rings. The van der Waals surface area contributed by atoms with Crippen LogP contribution in [-0.2, 0) is 6.42 Å². The molecule has 1 aromatic carbocycles. The minimum atomic E-state index is -0.259. The van der Waals surface area contributed by atoms with E-state index in [-0.39, 0.29) is 11.6 Å². The first-order valence-electron chi connectivity index (χ1n) is 6.95. The van der Waals surface area contributed by atoms with Crippen LogP contribution in [0.5, 0.6) is 5.75 Å². The summed E-state index contributed by atoms with van der Waals surface area (Å²) < 4.78 is 13.3. The zero-order valence-electron chi connectivity index (χ0n) is 11.8. The highest BCUT2D eigenvalue weighted by atomic mass is 19.1. The predicted molar refractivity (Wildman–Crippen MR) is 75.1 cm³/mol. The SMILES string of the molecule is Cc1cc(F)cc(CCCN2CCN(C)CC2)c1O. The van der Waals surface area contributed by atoms with Gasteiger partial charge in [0, 0.05) is 26.2 Å². The van der Waals surface area contributed by atoms with Crippen molar-refractivity contribution in [2.24, 2.45) is 0 Å². The summed E-state index contributed by atoms with van der Waals surface area (Å²) in [5.41, 5.74) is 1.35. The second kappa shape index (κ2) is 6.35. The summed E-state index contributed by atoms with van der Waals surface area (Å²) >= 11 is 0. The first-order chi connectivity index (χ1) is 9.06. The number of hydrogen-bond donors (Lipinski definition) is 1. The number of likely N-dealkylation sites (N-methyl/N-ethyl adjacent to an activating group) is 1. The highest BCUT2D eigenvalue weighted by molar-refractivity contribution is 5.40. The Morgan fingerprint density at radius 1 is 1.21 bits per heavy atom. The second-order valence-corrected chi connectivity index (χ2v) is 5.48. The Labute approximate surface area is 114 Å². The van der Waals surface area contributed by atoms with Crippen LogP contribution in [0.25, 0.3) is 0 Å². The third-order valence-corrected chi connectivity index (χ3v) is 3.86. The van der Waals surface area contributed by atoms with Gasteiger partial charge in [0.05, 0.1) is 0 Å². The molecule has 1 aromatic rings. The van der Waals surface area contributed by atoms with Crippen LogP contribution in [0.3, 0.4) is 0 Å². The Morgan fingerprint density at radius 2 is 1.89 bits per heavy atom. The van der Waals surface area contributed by atoms with Gasteiger partial charge in [-0.25, -0.2) is 4.39 Å². The molecular formula is C15H23FN2O. The lowest BCUT2D eigenvalue weighted by Gasteiger charge is -2.32. The van der Waals surface area contributed by atoms with Crippen LogP contribution in [0.15, 0.2) is 12.1 Å². The maximum absolute atomic E-state index is 13.3. The first-order valence-corrected chi connectivity index (χ1v) is 6.95. The Bertz CT molecular complexity index is 428.